The molecule has 0 unspecified atom stereocenters. The average Bonchev–Trinajstić information content (AvgIpc) is 0.863. The molecule has 0 atom stereocenters. The lowest BCUT2D eigenvalue weighted by molar-refractivity contribution is -0.219. The number of nitrogens with zero attached hydrogens (tertiary/aromatic N) is 6. The first-order chi connectivity index (χ1) is 70.2. The Morgan fingerprint density at radius 3 is 0.527 bits per heavy atom. The predicted molar refractivity (Wildman–Crippen MR) is 555 cm³/mol. The van der Waals surface area contributed by atoms with E-state index >= 15 is 0 Å². The van der Waals surface area contributed by atoms with E-state index in [1.807, 2.05) is 4.40 Å². The second kappa shape index (κ2) is 93.8. The Balaban J connectivity index is -0.000000418. The molecule has 0 aromatic heterocycles. The van der Waals surface area contributed by atoms with Crippen LogP contribution in [0.5, 0.6) is 0 Å². The second-order valence-corrected chi connectivity index (χ2v) is 44.1. The summed E-state index contributed by atoms with van der Waals surface area (Å²) >= 11 is 0. The largest absolute Gasteiger partial charge is 0.861 e. The van der Waals surface area contributed by atoms with E-state index < -0.39 is 129 Å². The van der Waals surface area contributed by atoms with Crippen molar-refractivity contribution in [2.45, 2.75) is 473 Å². The van der Waals surface area contributed by atoms with Gasteiger partial charge in [0.05, 0.1) is 0 Å². The van der Waals surface area contributed by atoms with Gasteiger partial charge in [0, 0.05) is 5.90 Å². The van der Waals surface area contributed by atoms with Crippen LogP contribution in [0.3, 0.4) is 0 Å². The van der Waals surface area contributed by atoms with Crippen molar-refractivity contribution in [3.63, 3.8) is 0 Å². The van der Waals surface area contributed by atoms with Gasteiger partial charge in [-0.3, -0.25) is 0 Å². The molecule has 0 aromatic rings. The zero-order valence-corrected chi connectivity index (χ0v) is 92.7. The van der Waals surface area contributed by atoms with Crippen molar-refractivity contribution in [1.82, 2.24) is 0 Å². The van der Waals surface area contributed by atoms with Gasteiger partial charge in [-0.2, -0.15) is 156 Å². The number of rotatable bonds is 79. The number of sulfonamides is 6. The summed E-state index contributed by atoms with van der Waals surface area (Å²) in [5.74, 6) is -7.66. The standard InChI is InChI=1S/2C19H34F3NO3S.2C19H32F3NO3S.C19H30F3NO3S.C7H8F3NO3S/c5*1-2-3-4-5-6-7-8-9-10-11-12-13-14-15-16-17-18(24)23-27(25,26)19(20,21)22;1-2-3-4-5-6(12)11-15(13,14)7(8,9)10/h2*9-10H,2-8,11-17H2,1H3,(H,23,24);2*6-7,9-10H,2-5,8,11-17H2,1H3,(H,23,24);3-4,6-7,9-10H,2,5,8,11-17H2,1H3,(H,23,24);2-5H,1H3,(H,11,12)/p-6/b2*10-9+;2*7-6+,10-9+;4-3-,7-6+,10-9+;3-2+,5-4+. The lowest BCUT2D eigenvalue weighted by Crippen LogP contribution is -2.26. The number of unbranched alkanes of at least 4 members (excludes halogenated alkanes) is 43. The SMILES string of the molecule is C/C=C/C=C/C([O-])=NS(=O)(=O)C(F)(F)F.CC/C=C\C/C=C/C/C=C/CCCCCCCC([O-])=NS(=O)(=O)C(F)(F)F.CCCCC/C=C/C/C=C/CCCCCCCC([O-])=NS(=O)(=O)C(F)(F)F.CCCCC/C=C/C/C=C/CCCCCCCC([O-])=NS(=O)(=O)C(F)(F)F.CCCCCCCC/C=C/CCCCCCCC([O-])=NS(=O)(=O)C(F)(F)F.CCCCCCCC/C=C/CCCCCCCC([O-])=NS(=O)(=O)C(F)(F)F. The predicted octanol–water partition coefficient (Wildman–Crippen LogP) is 28.0. The molecule has 0 aliphatic heterocycles. The molecular weight excluding hydrogens is 2130 g/mol. The highest BCUT2D eigenvalue weighted by Crippen LogP contribution is 2.31. The normalized spacial score (nSPS) is 13.9. The van der Waals surface area contributed by atoms with Crippen LogP contribution >= 0.6 is 0 Å². The van der Waals surface area contributed by atoms with Crippen LogP contribution < -0.4 is 30.6 Å². The minimum Gasteiger partial charge on any atom is -0.861 e. The summed E-state index contributed by atoms with van der Waals surface area (Å²) in [5.41, 5.74) is -33.1. The van der Waals surface area contributed by atoms with E-state index in [4.69, 9.17) is 0 Å². The summed E-state index contributed by atoms with van der Waals surface area (Å²) in [4.78, 5) is 0. The van der Waals surface area contributed by atoms with Crippen LogP contribution in [-0.2, 0) is 60.1 Å². The van der Waals surface area contributed by atoms with Crippen molar-refractivity contribution >= 4 is 95.5 Å². The molecule has 0 saturated carbocycles. The molecule has 0 saturated heterocycles. The summed E-state index contributed by atoms with van der Waals surface area (Å²) in [5, 5.41) is 66.5. The van der Waals surface area contributed by atoms with Crippen molar-refractivity contribution < 1.29 is 160 Å². The van der Waals surface area contributed by atoms with Gasteiger partial charge in [0.2, 0.25) is 0 Å². The molecular formula is C102H164F18N6O18S6-6. The minimum absolute atomic E-state index is 0.270. The van der Waals surface area contributed by atoms with Crippen LogP contribution in [0.2, 0.25) is 0 Å². The Hall–Kier alpha value is -7.60. The molecule has 0 rings (SSSR count). The molecule has 0 bridgehead atoms. The van der Waals surface area contributed by atoms with Gasteiger partial charge in [0.1, 0.15) is 0 Å². The van der Waals surface area contributed by atoms with Crippen molar-refractivity contribution in [2.75, 3.05) is 0 Å². The summed E-state index contributed by atoms with van der Waals surface area (Å²) in [6.45, 7) is 12.5. The fourth-order valence-corrected chi connectivity index (χ4v) is 15.1. The lowest BCUT2D eigenvalue weighted by atomic mass is 10.1. The number of allylic oxidation sites excluding steroid dienone is 21. The molecule has 0 radical (unpaired) electrons. The maximum Gasteiger partial charge on any atom is 0.518 e. The van der Waals surface area contributed by atoms with Gasteiger partial charge in [-0.15, -0.1) is 0 Å². The van der Waals surface area contributed by atoms with Crippen LogP contribution in [0.15, 0.2) is 160 Å². The molecule has 0 N–H and O–H groups in total. The van der Waals surface area contributed by atoms with Crippen LogP contribution in [0.1, 0.15) is 440 Å². The Bertz CT molecular complexity index is 4500. The van der Waals surface area contributed by atoms with E-state index in [1.54, 1.807) is 6.92 Å². The van der Waals surface area contributed by atoms with Crippen LogP contribution in [0.4, 0.5) is 79.0 Å². The highest BCUT2D eigenvalue weighted by Gasteiger charge is 2.49. The van der Waals surface area contributed by atoms with Crippen molar-refractivity contribution in [3.05, 3.63) is 134 Å². The minimum atomic E-state index is -5.73. The van der Waals surface area contributed by atoms with Gasteiger partial charge in [0.15, 0.2) is 0 Å². The molecule has 0 amide bonds. The Morgan fingerprint density at radius 2 is 0.347 bits per heavy atom. The fraction of sp³-hybridized carbons (Fsp3) is 0.725. The van der Waals surface area contributed by atoms with Gasteiger partial charge in [0.25, 0.3) is 0 Å². The number of alkyl halides is 18. The Labute approximate surface area is 883 Å². The van der Waals surface area contributed by atoms with Crippen molar-refractivity contribution in [1.29, 1.82) is 0 Å². The highest BCUT2D eigenvalue weighted by atomic mass is 32.2. The quantitative estimate of drug-likeness (QED) is 0.0136. The van der Waals surface area contributed by atoms with E-state index in [0.717, 1.165) is 192 Å². The first-order valence-electron chi connectivity index (χ1n) is 51.8. The van der Waals surface area contributed by atoms with Crippen molar-refractivity contribution in [2.24, 2.45) is 26.4 Å². The third kappa shape index (κ3) is 98.5. The molecule has 0 aliphatic carbocycles. The summed E-state index contributed by atoms with van der Waals surface area (Å²) in [7, 11) is -34.3. The van der Waals surface area contributed by atoms with E-state index in [9.17, 15) is 160 Å². The van der Waals surface area contributed by atoms with Gasteiger partial charge in [-0.25, -0.2) is 0 Å². The zero-order chi connectivity index (χ0) is 115. The van der Waals surface area contributed by atoms with Crippen LogP contribution in [0, 0.1) is 0 Å². The van der Waals surface area contributed by atoms with Gasteiger partial charge in [-0.1, -0.05) is 354 Å². The second-order valence-electron chi connectivity index (χ2n) is 34.5. The maximum absolute atomic E-state index is 12.1. The molecule has 0 heterocycles. The first-order valence-corrected chi connectivity index (χ1v) is 60.4. The van der Waals surface area contributed by atoms with E-state index in [-0.39, 0.29) is 32.1 Å². The van der Waals surface area contributed by atoms with E-state index in [1.165, 1.54) is 128 Å². The third-order valence-electron chi connectivity index (χ3n) is 20.6. The first kappa shape index (κ1) is 153. The zero-order valence-electron chi connectivity index (χ0n) is 87.8. The number of hydrogen-bond acceptors (Lipinski definition) is 18. The van der Waals surface area contributed by atoms with E-state index in [0.29, 0.717) is 70.3 Å². The molecule has 0 spiro atoms. The maximum atomic E-state index is 12.1. The third-order valence-corrected chi connectivity index (χ3v) is 26.8. The van der Waals surface area contributed by atoms with Crippen LogP contribution in [-0.4, -0.2) is 119 Å². The molecule has 0 fully saturated rings. The molecule has 150 heavy (non-hydrogen) atoms. The van der Waals surface area contributed by atoms with Gasteiger partial charge < -0.3 is 30.6 Å². The van der Waals surface area contributed by atoms with Gasteiger partial charge >= 0.3 is 93.2 Å². The van der Waals surface area contributed by atoms with Crippen LogP contribution in [0.25, 0.3) is 0 Å². The lowest BCUT2D eigenvalue weighted by Gasteiger charge is -2.11. The Morgan fingerprint density at radius 1 is 0.200 bits per heavy atom. The van der Waals surface area contributed by atoms with Crippen molar-refractivity contribution in [3.8, 4) is 0 Å². The molecule has 0 aliphatic rings. The molecule has 878 valence electrons. The van der Waals surface area contributed by atoms with E-state index in [2.05, 4.69) is 166 Å². The number of hydrogen-bond donors (Lipinski definition) is 0. The molecule has 0 aromatic carbocycles. The summed E-state index contributed by atoms with van der Waals surface area (Å²) in [6, 6.07) is 0. The molecule has 48 heteroatoms. The Kier molecular flexibility index (Phi) is 95.7. The highest BCUT2D eigenvalue weighted by molar-refractivity contribution is 7.92. The average molecular weight is 2300 g/mol. The summed E-state index contributed by atoms with van der Waals surface area (Å²) in [6.07, 6.45) is 98.7. The monoisotopic (exact) mass is 2300 g/mol. The molecule has 24 nitrogen and oxygen atoms in total. The smallest absolute Gasteiger partial charge is 0.518 e. The number of halogens is 18. The fourth-order valence-electron chi connectivity index (χ4n) is 12.4. The van der Waals surface area contributed by atoms with Gasteiger partial charge in [-0.05, 0) is 248 Å². The summed E-state index contributed by atoms with van der Waals surface area (Å²) < 4.78 is 357. The topological polar surface area (TPSA) is 417 Å².